The van der Waals surface area contributed by atoms with Crippen molar-refractivity contribution in [3.05, 3.63) is 24.3 Å². The summed E-state index contributed by atoms with van der Waals surface area (Å²) >= 11 is 0. The van der Waals surface area contributed by atoms with E-state index in [1.54, 1.807) is 0 Å². The number of anilines is 1. The number of carbonyl (C=O) groups is 1. The van der Waals surface area contributed by atoms with E-state index in [2.05, 4.69) is 5.32 Å². The minimum absolute atomic E-state index is 0.0816. The van der Waals surface area contributed by atoms with Gasteiger partial charge in [-0.2, -0.15) is 0 Å². The van der Waals surface area contributed by atoms with Crippen LogP contribution in [-0.4, -0.2) is 25.2 Å². The fourth-order valence-electron chi connectivity index (χ4n) is 2.01. The number of hydrogen-bond donors (Lipinski definition) is 1. The summed E-state index contributed by atoms with van der Waals surface area (Å²) in [5.74, 6) is 0.617. The summed E-state index contributed by atoms with van der Waals surface area (Å²) < 4.78 is 10.9. The van der Waals surface area contributed by atoms with E-state index in [4.69, 9.17) is 9.47 Å². The van der Waals surface area contributed by atoms with Gasteiger partial charge in [0.15, 0.2) is 0 Å². The highest BCUT2D eigenvalue weighted by atomic mass is 16.5. The van der Waals surface area contributed by atoms with Crippen molar-refractivity contribution in [3.63, 3.8) is 0 Å². The molecule has 1 atom stereocenters. The third-order valence-electron chi connectivity index (χ3n) is 2.92. The van der Waals surface area contributed by atoms with Crippen molar-refractivity contribution >= 4 is 11.6 Å². The highest BCUT2D eigenvalue weighted by molar-refractivity contribution is 5.95. The molecule has 1 aliphatic rings. The van der Waals surface area contributed by atoms with Gasteiger partial charge in [-0.05, 0) is 38.3 Å². The van der Waals surface area contributed by atoms with Crippen LogP contribution in [0.1, 0.15) is 26.2 Å². The second-order valence-corrected chi connectivity index (χ2v) is 4.27. The smallest absolute Gasteiger partial charge is 0.253 e. The predicted octanol–water partition coefficient (Wildman–Crippen LogP) is 2.59. The number of carbonyl (C=O) groups excluding carboxylic acids is 1. The van der Waals surface area contributed by atoms with Gasteiger partial charge in [0.2, 0.25) is 0 Å². The molecule has 0 spiro atoms. The molecule has 0 radical (unpaired) electrons. The summed E-state index contributed by atoms with van der Waals surface area (Å²) in [6.45, 7) is 3.17. The highest BCUT2D eigenvalue weighted by Gasteiger charge is 2.22. The third kappa shape index (κ3) is 3.23. The van der Waals surface area contributed by atoms with Crippen LogP contribution in [0.25, 0.3) is 0 Å². The van der Waals surface area contributed by atoms with Gasteiger partial charge in [0.1, 0.15) is 11.9 Å². The van der Waals surface area contributed by atoms with E-state index in [9.17, 15) is 4.79 Å². The van der Waals surface area contributed by atoms with Gasteiger partial charge in [-0.3, -0.25) is 4.79 Å². The summed E-state index contributed by atoms with van der Waals surface area (Å²) in [5, 5.41) is 2.88. The number of nitrogens with one attached hydrogen (secondary N) is 1. The van der Waals surface area contributed by atoms with Crippen LogP contribution in [0.3, 0.4) is 0 Å². The maximum Gasteiger partial charge on any atom is 0.253 e. The van der Waals surface area contributed by atoms with Crippen LogP contribution in [0.5, 0.6) is 5.75 Å². The maximum atomic E-state index is 12.0. The summed E-state index contributed by atoms with van der Waals surface area (Å²) in [6.07, 6.45) is 2.56. The first-order valence-corrected chi connectivity index (χ1v) is 6.45. The molecule has 2 rings (SSSR count). The van der Waals surface area contributed by atoms with Crippen molar-refractivity contribution in [1.82, 2.24) is 0 Å². The van der Waals surface area contributed by atoms with E-state index in [-0.39, 0.29) is 12.0 Å². The Kier molecular flexibility index (Phi) is 4.59. The Balaban J connectivity index is 2.01. The van der Waals surface area contributed by atoms with Crippen molar-refractivity contribution in [2.45, 2.75) is 32.3 Å². The molecular formula is C14H19NO3. The molecule has 1 saturated heterocycles. The highest BCUT2D eigenvalue weighted by Crippen LogP contribution is 2.24. The van der Waals surface area contributed by atoms with Crippen LogP contribution in [0.2, 0.25) is 0 Å². The Morgan fingerprint density at radius 2 is 2.28 bits per heavy atom. The van der Waals surface area contributed by atoms with Gasteiger partial charge < -0.3 is 14.8 Å². The molecule has 18 heavy (non-hydrogen) atoms. The van der Waals surface area contributed by atoms with Gasteiger partial charge in [0.25, 0.3) is 5.91 Å². The van der Waals surface area contributed by atoms with Crippen LogP contribution in [-0.2, 0) is 9.53 Å². The number of para-hydroxylation sites is 2. The van der Waals surface area contributed by atoms with Gasteiger partial charge in [-0.25, -0.2) is 0 Å². The van der Waals surface area contributed by atoms with E-state index in [1.807, 2.05) is 31.2 Å². The normalized spacial score (nSPS) is 19.3. The Morgan fingerprint density at radius 3 is 3.00 bits per heavy atom. The molecule has 4 heteroatoms. The van der Waals surface area contributed by atoms with Gasteiger partial charge in [0, 0.05) is 6.61 Å². The molecule has 1 fully saturated rings. The minimum atomic E-state index is -0.326. The lowest BCUT2D eigenvalue weighted by Crippen LogP contribution is -2.33. The van der Waals surface area contributed by atoms with Gasteiger partial charge in [0.05, 0.1) is 12.3 Å². The van der Waals surface area contributed by atoms with Crippen LogP contribution in [0.15, 0.2) is 24.3 Å². The zero-order valence-electron chi connectivity index (χ0n) is 10.6. The quantitative estimate of drug-likeness (QED) is 0.892. The average molecular weight is 249 g/mol. The molecular weight excluding hydrogens is 230 g/mol. The molecule has 0 saturated carbocycles. The topological polar surface area (TPSA) is 47.6 Å². The molecule has 1 aromatic carbocycles. The monoisotopic (exact) mass is 249 g/mol. The van der Waals surface area contributed by atoms with Crippen molar-refractivity contribution in [2.75, 3.05) is 18.5 Å². The fraction of sp³-hybridized carbons (Fsp3) is 0.500. The Bertz CT molecular complexity index is 400. The summed E-state index contributed by atoms with van der Waals surface area (Å²) in [5.41, 5.74) is 0.707. The zero-order valence-corrected chi connectivity index (χ0v) is 10.6. The van der Waals surface area contributed by atoms with E-state index in [0.717, 1.165) is 19.3 Å². The van der Waals surface area contributed by atoms with Crippen LogP contribution in [0, 0.1) is 0 Å². The molecule has 1 unspecified atom stereocenters. The van der Waals surface area contributed by atoms with Gasteiger partial charge in [-0.15, -0.1) is 0 Å². The molecule has 98 valence electrons. The zero-order chi connectivity index (χ0) is 12.8. The molecule has 1 N–H and O–H groups in total. The molecule has 1 aromatic rings. The predicted molar refractivity (Wildman–Crippen MR) is 69.8 cm³/mol. The van der Waals surface area contributed by atoms with Crippen molar-refractivity contribution in [2.24, 2.45) is 0 Å². The number of ether oxygens (including phenoxy) is 2. The first-order valence-electron chi connectivity index (χ1n) is 6.45. The minimum Gasteiger partial charge on any atom is -0.492 e. The first-order chi connectivity index (χ1) is 8.81. The summed E-state index contributed by atoms with van der Waals surface area (Å²) in [4.78, 5) is 12.0. The summed E-state index contributed by atoms with van der Waals surface area (Å²) in [6, 6.07) is 7.45. The lowest BCUT2D eigenvalue weighted by molar-refractivity contribution is -0.129. The molecule has 0 aliphatic carbocycles. The molecule has 4 nitrogen and oxygen atoms in total. The molecule has 1 aliphatic heterocycles. The van der Waals surface area contributed by atoms with Crippen molar-refractivity contribution < 1.29 is 14.3 Å². The van der Waals surface area contributed by atoms with Crippen molar-refractivity contribution in [3.8, 4) is 5.75 Å². The summed E-state index contributed by atoms with van der Waals surface area (Å²) in [7, 11) is 0. The van der Waals surface area contributed by atoms with E-state index in [0.29, 0.717) is 24.7 Å². The van der Waals surface area contributed by atoms with Crippen LogP contribution in [0.4, 0.5) is 5.69 Å². The lowest BCUT2D eigenvalue weighted by atomic mass is 10.1. The Labute approximate surface area is 107 Å². The number of benzene rings is 1. The number of amides is 1. The average Bonchev–Trinajstić information content (AvgIpc) is 2.42. The van der Waals surface area contributed by atoms with E-state index < -0.39 is 0 Å². The lowest BCUT2D eigenvalue weighted by Gasteiger charge is -2.22. The van der Waals surface area contributed by atoms with Gasteiger partial charge >= 0.3 is 0 Å². The van der Waals surface area contributed by atoms with Crippen molar-refractivity contribution in [1.29, 1.82) is 0 Å². The Morgan fingerprint density at radius 1 is 1.44 bits per heavy atom. The largest absolute Gasteiger partial charge is 0.492 e. The fourth-order valence-corrected chi connectivity index (χ4v) is 2.01. The van der Waals surface area contributed by atoms with E-state index in [1.165, 1.54) is 0 Å². The number of rotatable bonds is 4. The maximum absolute atomic E-state index is 12.0. The SMILES string of the molecule is CCOc1ccccc1NC(=O)C1CCCCO1. The van der Waals surface area contributed by atoms with Crippen LogP contribution < -0.4 is 10.1 Å². The third-order valence-corrected chi connectivity index (χ3v) is 2.92. The molecule has 0 bridgehead atoms. The standard InChI is InChI=1S/C14H19NO3/c1-2-17-12-8-4-3-7-11(12)15-14(16)13-9-5-6-10-18-13/h3-4,7-8,13H,2,5-6,9-10H2,1H3,(H,15,16). The molecule has 1 heterocycles. The molecule has 1 amide bonds. The molecule has 0 aromatic heterocycles. The second kappa shape index (κ2) is 6.40. The van der Waals surface area contributed by atoms with E-state index >= 15 is 0 Å². The van der Waals surface area contributed by atoms with Crippen LogP contribution >= 0.6 is 0 Å². The first kappa shape index (κ1) is 12.9. The number of hydrogen-bond acceptors (Lipinski definition) is 3. The Hall–Kier alpha value is -1.55. The second-order valence-electron chi connectivity index (χ2n) is 4.27. The van der Waals surface area contributed by atoms with Gasteiger partial charge in [-0.1, -0.05) is 12.1 Å².